The van der Waals surface area contributed by atoms with Crippen molar-refractivity contribution in [2.75, 3.05) is 11.9 Å². The van der Waals surface area contributed by atoms with E-state index in [0.717, 1.165) is 22.4 Å². The van der Waals surface area contributed by atoms with Gasteiger partial charge in [-0.2, -0.15) is 0 Å². The Balaban J connectivity index is 1.77. The van der Waals surface area contributed by atoms with Crippen molar-refractivity contribution in [3.8, 4) is 0 Å². The van der Waals surface area contributed by atoms with E-state index in [1.165, 1.54) is 0 Å². The van der Waals surface area contributed by atoms with Gasteiger partial charge in [0.2, 0.25) is 11.8 Å². The Morgan fingerprint density at radius 3 is 2.21 bits per heavy atom. The van der Waals surface area contributed by atoms with E-state index < -0.39 is 0 Å². The highest BCUT2D eigenvalue weighted by molar-refractivity contribution is 6.30. The highest BCUT2D eigenvalue weighted by atomic mass is 35.5. The zero-order valence-electron chi connectivity index (χ0n) is 13.9. The van der Waals surface area contributed by atoms with Crippen molar-refractivity contribution >= 4 is 29.1 Å². The Labute approximate surface area is 147 Å². The maximum Gasteiger partial charge on any atom is 0.233 e. The van der Waals surface area contributed by atoms with Gasteiger partial charge in [-0.3, -0.25) is 9.59 Å². The molecule has 2 aromatic rings. The second-order valence-electron chi connectivity index (χ2n) is 5.72. The first kappa shape index (κ1) is 18.0. The van der Waals surface area contributed by atoms with Gasteiger partial charge in [0, 0.05) is 17.3 Å². The number of benzene rings is 2. The number of nitrogens with one attached hydrogen (secondary N) is 2. The quantitative estimate of drug-likeness (QED) is 0.786. The van der Waals surface area contributed by atoms with Crippen LogP contribution < -0.4 is 10.6 Å². The van der Waals surface area contributed by atoms with Gasteiger partial charge in [-0.15, -0.1) is 0 Å². The SMILES string of the molecule is Cc1cccc(C)c1NC(=O)CC(=O)NCCc1ccc(Cl)cc1. The number of rotatable bonds is 6. The standard InChI is InChI=1S/C19H21ClN2O2/c1-13-4-3-5-14(2)19(13)22-18(24)12-17(23)21-11-10-15-6-8-16(20)9-7-15/h3-9H,10-12H2,1-2H3,(H,21,23)(H,22,24). The fourth-order valence-electron chi connectivity index (χ4n) is 2.40. The van der Waals surface area contributed by atoms with Gasteiger partial charge >= 0.3 is 0 Å². The molecule has 4 nitrogen and oxygen atoms in total. The smallest absolute Gasteiger partial charge is 0.233 e. The predicted octanol–water partition coefficient (Wildman–Crippen LogP) is 3.64. The lowest BCUT2D eigenvalue weighted by atomic mass is 10.1. The van der Waals surface area contributed by atoms with Crippen LogP contribution in [0.1, 0.15) is 23.1 Å². The molecule has 0 saturated carbocycles. The lowest BCUT2D eigenvalue weighted by Gasteiger charge is -2.11. The molecule has 0 saturated heterocycles. The summed E-state index contributed by atoms with van der Waals surface area (Å²) in [6, 6.07) is 13.3. The summed E-state index contributed by atoms with van der Waals surface area (Å²) in [4.78, 5) is 23.9. The average molecular weight is 345 g/mol. The summed E-state index contributed by atoms with van der Waals surface area (Å²) in [5.74, 6) is -0.593. The number of anilines is 1. The first-order valence-corrected chi connectivity index (χ1v) is 8.20. The van der Waals surface area contributed by atoms with Crippen molar-refractivity contribution in [1.82, 2.24) is 5.32 Å². The second-order valence-corrected chi connectivity index (χ2v) is 6.15. The van der Waals surface area contributed by atoms with Gasteiger partial charge in [0.1, 0.15) is 6.42 Å². The minimum Gasteiger partial charge on any atom is -0.355 e. The van der Waals surface area contributed by atoms with Crippen molar-refractivity contribution in [3.05, 3.63) is 64.2 Å². The number of carbonyl (C=O) groups is 2. The molecule has 0 radical (unpaired) electrons. The lowest BCUT2D eigenvalue weighted by molar-refractivity contribution is -0.126. The molecule has 0 spiro atoms. The molecule has 2 rings (SSSR count). The molecule has 0 aromatic heterocycles. The second kappa shape index (κ2) is 8.50. The molecule has 126 valence electrons. The van der Waals surface area contributed by atoms with Crippen LogP contribution >= 0.6 is 11.6 Å². The molecule has 24 heavy (non-hydrogen) atoms. The van der Waals surface area contributed by atoms with Crippen LogP contribution in [0, 0.1) is 13.8 Å². The van der Waals surface area contributed by atoms with E-state index in [2.05, 4.69) is 10.6 Å². The molecule has 0 bridgehead atoms. The van der Waals surface area contributed by atoms with Crippen molar-refractivity contribution in [2.45, 2.75) is 26.7 Å². The Morgan fingerprint density at radius 2 is 1.58 bits per heavy atom. The Bertz CT molecular complexity index is 706. The van der Waals surface area contributed by atoms with E-state index in [0.29, 0.717) is 18.0 Å². The molecule has 5 heteroatoms. The van der Waals surface area contributed by atoms with Crippen LogP contribution in [-0.2, 0) is 16.0 Å². The largest absolute Gasteiger partial charge is 0.355 e. The van der Waals surface area contributed by atoms with E-state index in [-0.39, 0.29) is 18.2 Å². The number of aryl methyl sites for hydroxylation is 2. The van der Waals surface area contributed by atoms with Crippen molar-refractivity contribution in [2.24, 2.45) is 0 Å². The molecular formula is C19H21ClN2O2. The van der Waals surface area contributed by atoms with E-state index in [1.54, 1.807) is 0 Å². The van der Waals surface area contributed by atoms with E-state index in [1.807, 2.05) is 56.3 Å². The molecule has 2 N–H and O–H groups in total. The van der Waals surface area contributed by atoms with Gasteiger partial charge in [-0.05, 0) is 49.1 Å². The number of hydrogen-bond donors (Lipinski definition) is 2. The van der Waals surface area contributed by atoms with Gasteiger partial charge in [-0.25, -0.2) is 0 Å². The van der Waals surface area contributed by atoms with E-state index >= 15 is 0 Å². The number of amides is 2. The molecule has 0 heterocycles. The number of hydrogen-bond acceptors (Lipinski definition) is 2. The Kier molecular flexibility index (Phi) is 6.38. The molecule has 2 aromatic carbocycles. The normalized spacial score (nSPS) is 10.3. The Hall–Kier alpha value is -2.33. The minimum absolute atomic E-state index is 0.186. The summed E-state index contributed by atoms with van der Waals surface area (Å²) in [7, 11) is 0. The zero-order chi connectivity index (χ0) is 17.5. The topological polar surface area (TPSA) is 58.2 Å². The fourth-order valence-corrected chi connectivity index (χ4v) is 2.53. The predicted molar refractivity (Wildman–Crippen MR) is 97.3 cm³/mol. The molecule has 0 aliphatic heterocycles. The highest BCUT2D eigenvalue weighted by Gasteiger charge is 2.11. The van der Waals surface area contributed by atoms with Crippen molar-refractivity contribution in [3.63, 3.8) is 0 Å². The zero-order valence-corrected chi connectivity index (χ0v) is 14.6. The Morgan fingerprint density at radius 1 is 0.958 bits per heavy atom. The van der Waals surface area contributed by atoms with Crippen LogP contribution in [0.5, 0.6) is 0 Å². The van der Waals surface area contributed by atoms with Crippen molar-refractivity contribution < 1.29 is 9.59 Å². The molecule has 0 aliphatic carbocycles. The van der Waals surface area contributed by atoms with Gasteiger partial charge in [0.25, 0.3) is 0 Å². The van der Waals surface area contributed by atoms with Gasteiger partial charge < -0.3 is 10.6 Å². The molecular weight excluding hydrogens is 324 g/mol. The summed E-state index contributed by atoms with van der Waals surface area (Å²) in [6.45, 7) is 4.33. The summed E-state index contributed by atoms with van der Waals surface area (Å²) < 4.78 is 0. The number of halogens is 1. The number of para-hydroxylation sites is 1. The first-order chi connectivity index (χ1) is 11.5. The maximum atomic E-state index is 12.0. The first-order valence-electron chi connectivity index (χ1n) is 7.83. The summed E-state index contributed by atoms with van der Waals surface area (Å²) in [6.07, 6.45) is 0.510. The molecule has 2 amide bonds. The van der Waals surface area contributed by atoms with Crippen LogP contribution in [0.25, 0.3) is 0 Å². The van der Waals surface area contributed by atoms with Gasteiger partial charge in [0.05, 0.1) is 0 Å². The van der Waals surface area contributed by atoms with Crippen LogP contribution in [0.3, 0.4) is 0 Å². The van der Waals surface area contributed by atoms with Crippen molar-refractivity contribution in [1.29, 1.82) is 0 Å². The minimum atomic E-state index is -0.309. The maximum absolute atomic E-state index is 12.0. The summed E-state index contributed by atoms with van der Waals surface area (Å²) in [5, 5.41) is 6.25. The fraction of sp³-hybridized carbons (Fsp3) is 0.263. The van der Waals surface area contributed by atoms with E-state index in [9.17, 15) is 9.59 Å². The lowest BCUT2D eigenvalue weighted by Crippen LogP contribution is -2.29. The third-order valence-electron chi connectivity index (χ3n) is 3.72. The molecule has 0 fully saturated rings. The van der Waals surface area contributed by atoms with Crippen LogP contribution in [-0.4, -0.2) is 18.4 Å². The van der Waals surface area contributed by atoms with Crippen LogP contribution in [0.4, 0.5) is 5.69 Å². The third kappa shape index (κ3) is 5.39. The highest BCUT2D eigenvalue weighted by Crippen LogP contribution is 2.19. The van der Waals surface area contributed by atoms with Gasteiger partial charge in [-0.1, -0.05) is 41.9 Å². The molecule has 0 unspecified atom stereocenters. The average Bonchev–Trinajstić information content (AvgIpc) is 2.53. The monoisotopic (exact) mass is 344 g/mol. The van der Waals surface area contributed by atoms with Gasteiger partial charge in [0.15, 0.2) is 0 Å². The molecule has 0 atom stereocenters. The summed E-state index contributed by atoms with van der Waals surface area (Å²) >= 11 is 5.83. The van der Waals surface area contributed by atoms with E-state index in [4.69, 9.17) is 11.6 Å². The van der Waals surface area contributed by atoms with Crippen LogP contribution in [0.2, 0.25) is 5.02 Å². The number of carbonyl (C=O) groups excluding carboxylic acids is 2. The summed E-state index contributed by atoms with van der Waals surface area (Å²) in [5.41, 5.74) is 3.81. The third-order valence-corrected chi connectivity index (χ3v) is 3.97. The van der Waals surface area contributed by atoms with Crippen LogP contribution in [0.15, 0.2) is 42.5 Å². The molecule has 0 aliphatic rings.